The van der Waals surface area contributed by atoms with Crippen LogP contribution >= 0.6 is 0 Å². The van der Waals surface area contributed by atoms with Crippen molar-refractivity contribution in [2.24, 2.45) is 0 Å². The minimum absolute atomic E-state index is 0.0190. The Bertz CT molecular complexity index is 2020. The zero-order chi connectivity index (χ0) is 35.0. The van der Waals surface area contributed by atoms with Gasteiger partial charge in [-0.15, -0.1) is 0 Å². The van der Waals surface area contributed by atoms with E-state index in [2.05, 4.69) is 43.9 Å². The number of nitrogen functional groups attached to an aromatic ring is 1. The highest BCUT2D eigenvalue weighted by Crippen LogP contribution is 2.37. The Kier molecular flexibility index (Phi) is 9.78. The number of carbonyl (C=O) groups excluding carboxylic acids is 1. The molecule has 2 heterocycles. The van der Waals surface area contributed by atoms with Gasteiger partial charge in [0, 0.05) is 30.2 Å². The number of sulfone groups is 1. The SMILES string of the molecule is Cc1cc(Oc2ccccc2F)ncc1-n1ncc(C(=O)C2=Cc3cc(F)c(CS(=O)(=O)CCCO[Si](C)(C)C(C)(C)C)cc3C2)c1N. The second-order valence-electron chi connectivity index (χ2n) is 13.6. The number of rotatable bonds is 12. The van der Waals surface area contributed by atoms with Crippen molar-refractivity contribution in [1.82, 2.24) is 14.8 Å². The van der Waals surface area contributed by atoms with E-state index in [9.17, 15) is 17.6 Å². The number of Topliss-reactive ketones (excluding diaryl/α,β-unsaturated/α-hetero) is 1. The van der Waals surface area contributed by atoms with Crippen LogP contribution in [0.2, 0.25) is 18.1 Å². The highest BCUT2D eigenvalue weighted by atomic mass is 32.2. The Labute approximate surface area is 280 Å². The first-order valence-corrected chi connectivity index (χ1v) is 20.3. The summed E-state index contributed by atoms with van der Waals surface area (Å²) < 4.78 is 68.0. The molecule has 0 radical (unpaired) electrons. The summed E-state index contributed by atoms with van der Waals surface area (Å²) in [6.45, 7) is 12.7. The molecule has 0 saturated heterocycles. The van der Waals surface area contributed by atoms with Crippen LogP contribution in [-0.4, -0.2) is 49.6 Å². The quantitative estimate of drug-likeness (QED) is 0.0925. The molecular formula is C35H40F2N4O5SSi. The van der Waals surface area contributed by atoms with Gasteiger partial charge in [0.15, 0.2) is 35.5 Å². The lowest BCUT2D eigenvalue weighted by molar-refractivity contribution is 0.103. The topological polar surface area (TPSA) is 126 Å². The zero-order valence-electron chi connectivity index (χ0n) is 27.9. The number of benzene rings is 2. The fourth-order valence-electron chi connectivity index (χ4n) is 5.14. The van der Waals surface area contributed by atoms with Crippen molar-refractivity contribution in [1.29, 1.82) is 0 Å². The van der Waals surface area contributed by atoms with Gasteiger partial charge in [-0.25, -0.2) is 26.9 Å². The van der Waals surface area contributed by atoms with E-state index >= 15 is 4.39 Å². The first-order chi connectivity index (χ1) is 22.5. The number of nitrogens with zero attached hydrogens (tertiary/aromatic N) is 3. The van der Waals surface area contributed by atoms with Crippen LogP contribution in [-0.2, 0) is 26.4 Å². The summed E-state index contributed by atoms with van der Waals surface area (Å²) in [7, 11) is -5.59. The summed E-state index contributed by atoms with van der Waals surface area (Å²) in [5.41, 5.74) is 9.31. The number of anilines is 1. The first-order valence-electron chi connectivity index (χ1n) is 15.6. The lowest BCUT2D eigenvalue weighted by atomic mass is 10.0. The van der Waals surface area contributed by atoms with Crippen LogP contribution in [0, 0.1) is 18.6 Å². The number of pyridine rings is 1. The maximum absolute atomic E-state index is 15.1. The average Bonchev–Trinajstić information content (AvgIpc) is 3.58. The molecule has 48 heavy (non-hydrogen) atoms. The molecule has 0 bridgehead atoms. The molecule has 0 atom stereocenters. The third-order valence-corrected chi connectivity index (χ3v) is 15.1. The molecule has 0 fully saturated rings. The number of allylic oxidation sites excluding steroid dienone is 1. The van der Waals surface area contributed by atoms with E-state index in [0.717, 1.165) is 0 Å². The second kappa shape index (κ2) is 13.4. The van der Waals surface area contributed by atoms with Crippen LogP contribution in [0.25, 0.3) is 11.8 Å². The van der Waals surface area contributed by atoms with Crippen molar-refractivity contribution in [3.63, 3.8) is 0 Å². The molecule has 0 amide bonds. The van der Waals surface area contributed by atoms with Gasteiger partial charge >= 0.3 is 0 Å². The predicted octanol–water partition coefficient (Wildman–Crippen LogP) is 7.38. The summed E-state index contributed by atoms with van der Waals surface area (Å²) in [6, 6.07) is 10.4. The molecule has 13 heteroatoms. The summed E-state index contributed by atoms with van der Waals surface area (Å²) in [5.74, 6) is -1.80. The normalized spacial score (nSPS) is 13.4. The summed E-state index contributed by atoms with van der Waals surface area (Å²) in [4.78, 5) is 17.8. The average molecular weight is 695 g/mol. The first kappa shape index (κ1) is 35.1. The van der Waals surface area contributed by atoms with Crippen LogP contribution in [0.15, 0.2) is 60.4 Å². The van der Waals surface area contributed by atoms with Gasteiger partial charge in [-0.2, -0.15) is 5.10 Å². The number of para-hydroxylation sites is 1. The summed E-state index contributed by atoms with van der Waals surface area (Å²) >= 11 is 0. The largest absolute Gasteiger partial charge is 0.436 e. The fraction of sp³-hybridized carbons (Fsp3) is 0.343. The van der Waals surface area contributed by atoms with E-state index < -0.39 is 35.5 Å². The summed E-state index contributed by atoms with van der Waals surface area (Å²) in [5, 5.41) is 4.33. The number of aryl methyl sites for hydroxylation is 1. The zero-order valence-corrected chi connectivity index (χ0v) is 29.7. The molecule has 0 spiro atoms. The Hall–Kier alpha value is -4.20. The Morgan fingerprint density at radius 2 is 1.81 bits per heavy atom. The number of ketones is 1. The molecule has 0 unspecified atom stereocenters. The van der Waals surface area contributed by atoms with Crippen molar-refractivity contribution in [2.75, 3.05) is 18.1 Å². The molecule has 9 nitrogen and oxygen atoms in total. The van der Waals surface area contributed by atoms with Gasteiger partial charge in [-0.05, 0) is 72.4 Å². The number of ether oxygens (including phenoxy) is 1. The van der Waals surface area contributed by atoms with Gasteiger partial charge in [0.1, 0.15) is 11.6 Å². The Balaban J connectivity index is 1.25. The Morgan fingerprint density at radius 3 is 2.50 bits per heavy atom. The van der Waals surface area contributed by atoms with Gasteiger partial charge in [0.2, 0.25) is 5.88 Å². The van der Waals surface area contributed by atoms with Gasteiger partial charge in [0.25, 0.3) is 0 Å². The molecule has 254 valence electrons. The van der Waals surface area contributed by atoms with Crippen LogP contribution < -0.4 is 10.5 Å². The smallest absolute Gasteiger partial charge is 0.219 e. The molecule has 2 aromatic carbocycles. The second-order valence-corrected chi connectivity index (χ2v) is 20.6. The van der Waals surface area contributed by atoms with Gasteiger partial charge < -0.3 is 14.9 Å². The number of carbonyl (C=O) groups is 1. The van der Waals surface area contributed by atoms with Crippen molar-refractivity contribution in [3.05, 3.63) is 99.9 Å². The van der Waals surface area contributed by atoms with Crippen LogP contribution in [0.3, 0.4) is 0 Å². The summed E-state index contributed by atoms with van der Waals surface area (Å²) in [6.07, 6.45) is 4.94. The van der Waals surface area contributed by atoms with Crippen molar-refractivity contribution in [2.45, 2.75) is 64.4 Å². The van der Waals surface area contributed by atoms with Crippen molar-refractivity contribution in [3.8, 4) is 17.3 Å². The molecule has 0 aliphatic heterocycles. The lowest BCUT2D eigenvalue weighted by Gasteiger charge is -2.36. The molecule has 1 aliphatic rings. The molecule has 2 aromatic heterocycles. The molecule has 0 saturated carbocycles. The van der Waals surface area contributed by atoms with Gasteiger partial charge in [-0.3, -0.25) is 4.79 Å². The molecule has 2 N–H and O–H groups in total. The van der Waals surface area contributed by atoms with E-state index in [1.807, 2.05) is 0 Å². The molecule has 4 aromatic rings. The maximum atomic E-state index is 15.1. The monoisotopic (exact) mass is 694 g/mol. The number of fused-ring (bicyclic) bond motifs is 1. The standard InChI is InChI=1S/C35H40F2N4O5SSi/c1-22-14-32(46-31-11-8-7-10-28(31)36)39-20-30(22)41-34(38)27(19-40-41)33(42)25-15-23-17-26(29(37)18-24(23)16-25)21-47(43,44)13-9-12-45-48(5,6)35(2,3)4/h7-8,10-11,14,16-20H,9,12-13,15,21,38H2,1-6H3. The molecule has 5 rings (SSSR count). The minimum atomic E-state index is -3.60. The highest BCUT2D eigenvalue weighted by Gasteiger charge is 2.37. The van der Waals surface area contributed by atoms with Crippen LogP contribution in [0.5, 0.6) is 11.6 Å². The number of hydrogen-bond acceptors (Lipinski definition) is 8. The van der Waals surface area contributed by atoms with Gasteiger partial charge in [0.05, 0.1) is 35.2 Å². The lowest BCUT2D eigenvalue weighted by Crippen LogP contribution is -2.41. The minimum Gasteiger partial charge on any atom is -0.436 e. The number of nitrogens with two attached hydrogens (primary N) is 1. The van der Waals surface area contributed by atoms with E-state index in [0.29, 0.717) is 41.0 Å². The predicted molar refractivity (Wildman–Crippen MR) is 185 cm³/mol. The highest BCUT2D eigenvalue weighted by molar-refractivity contribution is 7.90. The van der Waals surface area contributed by atoms with Crippen molar-refractivity contribution < 1.29 is 31.2 Å². The van der Waals surface area contributed by atoms with Crippen molar-refractivity contribution >= 4 is 35.8 Å². The third-order valence-electron chi connectivity index (χ3n) is 8.94. The number of aromatic nitrogens is 3. The van der Waals surface area contributed by atoms with Gasteiger partial charge in [-0.1, -0.05) is 39.0 Å². The van der Waals surface area contributed by atoms with E-state index in [1.54, 1.807) is 31.2 Å². The molecular weight excluding hydrogens is 655 g/mol. The van der Waals surface area contributed by atoms with Crippen LogP contribution in [0.4, 0.5) is 14.6 Å². The van der Waals surface area contributed by atoms with E-state index in [4.69, 9.17) is 14.9 Å². The van der Waals surface area contributed by atoms with Crippen LogP contribution in [0.1, 0.15) is 59.8 Å². The maximum Gasteiger partial charge on any atom is 0.219 e. The Morgan fingerprint density at radius 1 is 1.08 bits per heavy atom. The molecule has 1 aliphatic carbocycles. The fourth-order valence-corrected chi connectivity index (χ4v) is 7.63. The third kappa shape index (κ3) is 7.58. The number of halogens is 2. The van der Waals surface area contributed by atoms with E-state index in [1.165, 1.54) is 41.3 Å². The number of hydrogen-bond donors (Lipinski definition) is 1. The van der Waals surface area contributed by atoms with E-state index in [-0.39, 0.29) is 51.6 Å².